The highest BCUT2D eigenvalue weighted by atomic mass is 32.2. The molecule has 0 unspecified atom stereocenters. The summed E-state index contributed by atoms with van der Waals surface area (Å²) in [6.45, 7) is 7.00. The molecule has 1 aromatic carbocycles. The molecule has 0 bridgehead atoms. The van der Waals surface area contributed by atoms with Crippen LogP contribution in [0.4, 0.5) is 16.2 Å². The van der Waals surface area contributed by atoms with Crippen molar-refractivity contribution in [2.75, 3.05) is 16.3 Å². The van der Waals surface area contributed by atoms with Crippen molar-refractivity contribution in [2.24, 2.45) is 0 Å². The topological polar surface area (TPSA) is 84.5 Å². The molecule has 0 aliphatic rings. The molecule has 1 rings (SSSR count). The summed E-state index contributed by atoms with van der Waals surface area (Å²) in [5.74, 6) is 0. The number of amides is 1. The van der Waals surface area contributed by atoms with Gasteiger partial charge in [-0.15, -0.1) is 0 Å². The van der Waals surface area contributed by atoms with Crippen molar-refractivity contribution in [1.29, 1.82) is 0 Å². The van der Waals surface area contributed by atoms with Crippen molar-refractivity contribution in [3.8, 4) is 0 Å². The van der Waals surface area contributed by atoms with Gasteiger partial charge in [-0.3, -0.25) is 10.0 Å². The maximum Gasteiger partial charge on any atom is 0.412 e. The Kier molecular flexibility index (Phi) is 4.65. The Morgan fingerprint density at radius 1 is 1.20 bits per heavy atom. The lowest BCUT2D eigenvalue weighted by atomic mass is 10.1. The molecule has 1 amide bonds. The number of rotatable bonds is 3. The number of nitrogens with one attached hydrogen (secondary N) is 2. The molecule has 0 aliphatic carbocycles. The summed E-state index contributed by atoms with van der Waals surface area (Å²) in [6, 6.07) is 4.94. The normalized spacial score (nSPS) is 11.8. The average Bonchev–Trinajstić information content (AvgIpc) is 2.19. The Balaban J connectivity index is 2.92. The van der Waals surface area contributed by atoms with E-state index in [1.165, 1.54) is 0 Å². The van der Waals surface area contributed by atoms with Gasteiger partial charge in [-0.2, -0.15) is 0 Å². The van der Waals surface area contributed by atoms with Gasteiger partial charge in [-0.25, -0.2) is 13.2 Å². The minimum absolute atomic E-state index is 0.418. The first-order chi connectivity index (χ1) is 8.98. The van der Waals surface area contributed by atoms with E-state index in [2.05, 4.69) is 10.0 Å². The zero-order valence-electron chi connectivity index (χ0n) is 12.3. The molecule has 112 valence electrons. The van der Waals surface area contributed by atoms with Crippen LogP contribution in [-0.2, 0) is 14.8 Å². The molecule has 0 radical (unpaired) electrons. The highest BCUT2D eigenvalue weighted by Gasteiger charge is 2.17. The smallest absolute Gasteiger partial charge is 0.412 e. The average molecular weight is 300 g/mol. The summed E-state index contributed by atoms with van der Waals surface area (Å²) in [7, 11) is -3.37. The van der Waals surface area contributed by atoms with Gasteiger partial charge in [0.05, 0.1) is 11.9 Å². The first kappa shape index (κ1) is 16.3. The standard InChI is InChI=1S/C13H20N2O4S/c1-9-10(14-12(16)19-13(2,3)4)7-6-8-11(9)15-20(5,17)18/h6-8,15H,1-5H3,(H,14,16). The molecule has 2 N–H and O–H groups in total. The number of hydrogen-bond donors (Lipinski definition) is 2. The molecule has 1 aromatic rings. The highest BCUT2D eigenvalue weighted by Crippen LogP contribution is 2.24. The summed E-state index contributed by atoms with van der Waals surface area (Å²) in [5, 5.41) is 2.60. The molecule has 0 saturated carbocycles. The molecule has 7 heteroatoms. The maximum atomic E-state index is 11.7. The number of carbonyl (C=O) groups excluding carboxylic acids is 1. The van der Waals surface area contributed by atoms with Crippen LogP contribution >= 0.6 is 0 Å². The van der Waals surface area contributed by atoms with Gasteiger partial charge >= 0.3 is 6.09 Å². The summed E-state index contributed by atoms with van der Waals surface area (Å²) >= 11 is 0. The maximum absolute atomic E-state index is 11.7. The van der Waals surface area contributed by atoms with Crippen molar-refractivity contribution in [3.05, 3.63) is 23.8 Å². The van der Waals surface area contributed by atoms with Crippen LogP contribution < -0.4 is 10.0 Å². The van der Waals surface area contributed by atoms with Crippen molar-refractivity contribution >= 4 is 27.5 Å². The van der Waals surface area contributed by atoms with Crippen LogP contribution in [0.5, 0.6) is 0 Å². The van der Waals surface area contributed by atoms with Crippen LogP contribution in [0.1, 0.15) is 26.3 Å². The SMILES string of the molecule is Cc1c(NC(=O)OC(C)(C)C)cccc1NS(C)(=O)=O. The molecular weight excluding hydrogens is 280 g/mol. The zero-order valence-corrected chi connectivity index (χ0v) is 13.1. The number of hydrogen-bond acceptors (Lipinski definition) is 4. The van der Waals surface area contributed by atoms with Gasteiger partial charge in [0.2, 0.25) is 10.0 Å². The number of anilines is 2. The first-order valence-electron chi connectivity index (χ1n) is 6.05. The van der Waals surface area contributed by atoms with E-state index in [9.17, 15) is 13.2 Å². The Hall–Kier alpha value is -1.76. The summed E-state index contributed by atoms with van der Waals surface area (Å²) < 4.78 is 30.0. The van der Waals surface area contributed by atoms with Crippen LogP contribution in [0.15, 0.2) is 18.2 Å². The minimum Gasteiger partial charge on any atom is -0.444 e. The zero-order chi connectivity index (χ0) is 15.6. The van der Waals surface area contributed by atoms with Crippen molar-refractivity contribution in [1.82, 2.24) is 0 Å². The predicted molar refractivity (Wildman–Crippen MR) is 79.5 cm³/mol. The van der Waals surface area contributed by atoms with Gasteiger partial charge in [0.25, 0.3) is 0 Å². The third kappa shape index (κ3) is 5.48. The lowest BCUT2D eigenvalue weighted by Crippen LogP contribution is -2.27. The van der Waals surface area contributed by atoms with Gasteiger partial charge in [0, 0.05) is 5.69 Å². The molecular formula is C13H20N2O4S. The summed E-state index contributed by atoms with van der Waals surface area (Å²) in [6.07, 6.45) is 0.484. The van der Waals surface area contributed by atoms with Crippen LogP contribution in [-0.4, -0.2) is 26.4 Å². The summed E-state index contributed by atoms with van der Waals surface area (Å²) in [5.41, 5.74) is 0.929. The van der Waals surface area contributed by atoms with Gasteiger partial charge < -0.3 is 4.74 Å². The quantitative estimate of drug-likeness (QED) is 0.899. The summed E-state index contributed by atoms with van der Waals surface area (Å²) in [4.78, 5) is 11.7. The Bertz CT molecular complexity index is 603. The van der Waals surface area contributed by atoms with Gasteiger partial charge in [0.1, 0.15) is 5.60 Å². The Labute approximate surface area is 119 Å². The first-order valence-corrected chi connectivity index (χ1v) is 7.94. The fourth-order valence-electron chi connectivity index (χ4n) is 1.49. The lowest BCUT2D eigenvalue weighted by molar-refractivity contribution is 0.0636. The predicted octanol–water partition coefficient (Wildman–Crippen LogP) is 2.71. The molecule has 0 saturated heterocycles. The van der Waals surface area contributed by atoms with E-state index >= 15 is 0 Å². The van der Waals surface area contributed by atoms with Crippen molar-refractivity contribution < 1.29 is 17.9 Å². The van der Waals surface area contributed by atoms with Crippen molar-refractivity contribution in [2.45, 2.75) is 33.3 Å². The van der Waals surface area contributed by atoms with Gasteiger partial charge in [-0.1, -0.05) is 6.07 Å². The second kappa shape index (κ2) is 5.70. The van der Waals surface area contributed by atoms with Crippen LogP contribution in [0.2, 0.25) is 0 Å². The molecule has 0 aromatic heterocycles. The number of sulfonamides is 1. The van der Waals surface area contributed by atoms with Crippen LogP contribution in [0.3, 0.4) is 0 Å². The second-order valence-corrected chi connectivity index (χ2v) is 7.23. The molecule has 6 nitrogen and oxygen atoms in total. The number of ether oxygens (including phenoxy) is 1. The monoisotopic (exact) mass is 300 g/mol. The van der Waals surface area contributed by atoms with Crippen LogP contribution in [0.25, 0.3) is 0 Å². The van der Waals surface area contributed by atoms with E-state index in [0.717, 1.165) is 6.26 Å². The van der Waals surface area contributed by atoms with Crippen LogP contribution in [0, 0.1) is 6.92 Å². The van der Waals surface area contributed by atoms with E-state index in [4.69, 9.17) is 4.74 Å². The fourth-order valence-corrected chi connectivity index (χ4v) is 2.12. The second-order valence-electron chi connectivity index (χ2n) is 5.48. The molecule has 20 heavy (non-hydrogen) atoms. The third-order valence-electron chi connectivity index (χ3n) is 2.26. The minimum atomic E-state index is -3.37. The third-order valence-corrected chi connectivity index (χ3v) is 2.86. The van der Waals surface area contributed by atoms with E-state index in [-0.39, 0.29) is 0 Å². The largest absolute Gasteiger partial charge is 0.444 e. The van der Waals surface area contributed by atoms with Crippen molar-refractivity contribution in [3.63, 3.8) is 0 Å². The van der Waals surface area contributed by atoms with E-state index in [1.54, 1.807) is 45.9 Å². The molecule has 0 fully saturated rings. The van der Waals surface area contributed by atoms with E-state index in [0.29, 0.717) is 16.9 Å². The Morgan fingerprint density at radius 3 is 2.25 bits per heavy atom. The molecule has 0 heterocycles. The molecule has 0 aliphatic heterocycles. The fraction of sp³-hybridized carbons (Fsp3) is 0.462. The van der Waals surface area contributed by atoms with E-state index in [1.807, 2.05) is 0 Å². The lowest BCUT2D eigenvalue weighted by Gasteiger charge is -2.20. The van der Waals surface area contributed by atoms with E-state index < -0.39 is 21.7 Å². The van der Waals surface area contributed by atoms with Gasteiger partial charge in [0.15, 0.2) is 0 Å². The molecule has 0 atom stereocenters. The Morgan fingerprint density at radius 2 is 1.75 bits per heavy atom. The number of carbonyl (C=O) groups is 1. The van der Waals surface area contributed by atoms with Gasteiger partial charge in [-0.05, 0) is 45.4 Å². The highest BCUT2D eigenvalue weighted by molar-refractivity contribution is 7.92. The number of benzene rings is 1. The molecule has 0 spiro atoms.